The predicted molar refractivity (Wildman–Crippen MR) is 116 cm³/mol. The topological polar surface area (TPSA) is 72.4 Å². The summed E-state index contributed by atoms with van der Waals surface area (Å²) in [5, 5.41) is 9.84. The van der Waals surface area contributed by atoms with Crippen molar-refractivity contribution in [1.29, 1.82) is 0 Å². The van der Waals surface area contributed by atoms with Crippen LogP contribution in [0.25, 0.3) is 22.4 Å². The Morgan fingerprint density at radius 3 is 2.67 bits per heavy atom. The van der Waals surface area contributed by atoms with E-state index in [-0.39, 0.29) is 5.63 Å². The molecule has 0 aliphatic heterocycles. The summed E-state index contributed by atoms with van der Waals surface area (Å²) in [4.78, 5) is 14.2. The van der Waals surface area contributed by atoms with Gasteiger partial charge in [-0.25, -0.2) is 4.79 Å². The lowest BCUT2D eigenvalue weighted by Gasteiger charge is -2.20. The van der Waals surface area contributed by atoms with Crippen molar-refractivity contribution in [2.75, 3.05) is 6.54 Å². The van der Waals surface area contributed by atoms with Crippen molar-refractivity contribution in [3.8, 4) is 11.5 Å². The normalized spacial score (nSPS) is 11.5. The van der Waals surface area contributed by atoms with Gasteiger partial charge in [0.05, 0.1) is 17.1 Å². The highest BCUT2D eigenvalue weighted by molar-refractivity contribution is 6.33. The lowest BCUT2D eigenvalue weighted by atomic mass is 10.1. The molecular formula is C23H22ClN3O3. The molecule has 7 heteroatoms. The lowest BCUT2D eigenvalue weighted by Crippen LogP contribution is -2.24. The third-order valence-electron chi connectivity index (χ3n) is 4.85. The molecule has 0 N–H and O–H groups in total. The van der Waals surface area contributed by atoms with E-state index in [1.165, 1.54) is 0 Å². The van der Waals surface area contributed by atoms with Crippen molar-refractivity contribution in [1.82, 2.24) is 15.1 Å². The highest BCUT2D eigenvalue weighted by Gasteiger charge is 2.16. The van der Waals surface area contributed by atoms with Crippen molar-refractivity contribution < 1.29 is 8.83 Å². The van der Waals surface area contributed by atoms with Crippen LogP contribution in [0.5, 0.6) is 0 Å². The fourth-order valence-corrected chi connectivity index (χ4v) is 3.71. The zero-order valence-corrected chi connectivity index (χ0v) is 17.6. The maximum atomic E-state index is 12.1. The number of rotatable bonds is 7. The van der Waals surface area contributed by atoms with Crippen molar-refractivity contribution in [3.05, 3.63) is 81.0 Å². The van der Waals surface area contributed by atoms with E-state index in [1.54, 1.807) is 12.1 Å². The van der Waals surface area contributed by atoms with Crippen LogP contribution < -0.4 is 5.63 Å². The van der Waals surface area contributed by atoms with Crippen molar-refractivity contribution in [3.63, 3.8) is 0 Å². The van der Waals surface area contributed by atoms with E-state index in [1.807, 2.05) is 43.3 Å². The number of hydrogen-bond donors (Lipinski definition) is 0. The van der Waals surface area contributed by atoms with Gasteiger partial charge in [-0.3, -0.25) is 4.90 Å². The summed E-state index contributed by atoms with van der Waals surface area (Å²) in [6.45, 7) is 5.94. The van der Waals surface area contributed by atoms with Gasteiger partial charge in [-0.2, -0.15) is 0 Å². The Morgan fingerprint density at radius 2 is 1.87 bits per heavy atom. The first kappa shape index (κ1) is 20.3. The van der Waals surface area contributed by atoms with Gasteiger partial charge in [0.15, 0.2) is 0 Å². The van der Waals surface area contributed by atoms with Crippen molar-refractivity contribution in [2.45, 2.75) is 33.4 Å². The van der Waals surface area contributed by atoms with Gasteiger partial charge in [0, 0.05) is 18.0 Å². The molecular weight excluding hydrogens is 402 g/mol. The zero-order valence-electron chi connectivity index (χ0n) is 16.9. The molecule has 0 spiro atoms. The Kier molecular flexibility index (Phi) is 5.97. The molecule has 0 unspecified atom stereocenters. The SMILES string of the molecule is CCCN(Cc1nnc(-c2ccccc2Cl)o1)Cc1cc(=O)oc2cc(C)ccc12. The van der Waals surface area contributed by atoms with Gasteiger partial charge in [-0.05, 0) is 49.2 Å². The van der Waals surface area contributed by atoms with Gasteiger partial charge in [0.1, 0.15) is 5.58 Å². The fraction of sp³-hybridized carbons (Fsp3) is 0.261. The minimum absolute atomic E-state index is 0.349. The highest BCUT2D eigenvalue weighted by Crippen LogP contribution is 2.27. The minimum atomic E-state index is -0.349. The van der Waals surface area contributed by atoms with Crippen molar-refractivity contribution >= 4 is 22.6 Å². The average Bonchev–Trinajstić information content (AvgIpc) is 3.16. The molecule has 30 heavy (non-hydrogen) atoms. The second kappa shape index (κ2) is 8.81. The second-order valence-corrected chi connectivity index (χ2v) is 7.69. The molecule has 0 bridgehead atoms. The van der Waals surface area contributed by atoms with Crippen molar-refractivity contribution in [2.24, 2.45) is 0 Å². The van der Waals surface area contributed by atoms with E-state index in [9.17, 15) is 4.79 Å². The Bertz CT molecular complexity index is 1230. The van der Waals surface area contributed by atoms with Gasteiger partial charge < -0.3 is 8.83 Å². The molecule has 2 aromatic carbocycles. The maximum Gasteiger partial charge on any atom is 0.336 e. The summed E-state index contributed by atoms with van der Waals surface area (Å²) in [5.41, 5.74) is 2.93. The number of aromatic nitrogens is 2. The molecule has 0 fully saturated rings. The van der Waals surface area contributed by atoms with E-state index >= 15 is 0 Å². The molecule has 154 valence electrons. The van der Waals surface area contributed by atoms with Gasteiger partial charge in [-0.1, -0.05) is 42.8 Å². The molecule has 2 aromatic heterocycles. The standard InChI is InChI=1S/C23H22ClN3O3/c1-3-10-27(13-16-12-22(28)29-20-11-15(2)8-9-17(16)20)14-21-25-26-23(30-21)18-6-4-5-7-19(18)24/h4-9,11-12H,3,10,13-14H2,1-2H3. The molecule has 0 saturated heterocycles. The lowest BCUT2D eigenvalue weighted by molar-refractivity contribution is 0.232. The predicted octanol–water partition coefficient (Wildman–Crippen LogP) is 5.22. The summed E-state index contributed by atoms with van der Waals surface area (Å²) in [6.07, 6.45) is 0.948. The quantitative estimate of drug-likeness (QED) is 0.379. The first-order valence-electron chi connectivity index (χ1n) is 9.86. The van der Waals surface area contributed by atoms with E-state index in [2.05, 4.69) is 22.0 Å². The largest absolute Gasteiger partial charge is 0.423 e. The number of halogens is 1. The summed E-state index contributed by atoms with van der Waals surface area (Å²) < 4.78 is 11.2. The Hall–Kier alpha value is -2.96. The second-order valence-electron chi connectivity index (χ2n) is 7.28. The number of benzene rings is 2. The minimum Gasteiger partial charge on any atom is -0.423 e. The Morgan fingerprint density at radius 1 is 1.03 bits per heavy atom. The summed E-state index contributed by atoms with van der Waals surface area (Å²) in [7, 11) is 0. The van der Waals surface area contributed by atoms with Crippen LogP contribution in [0, 0.1) is 6.92 Å². The van der Waals surface area contributed by atoms with Gasteiger partial charge in [0.25, 0.3) is 0 Å². The average molecular weight is 424 g/mol. The molecule has 6 nitrogen and oxygen atoms in total. The van der Waals surface area contributed by atoms with E-state index in [0.717, 1.165) is 29.5 Å². The molecule has 0 aliphatic rings. The monoisotopic (exact) mass is 423 g/mol. The smallest absolute Gasteiger partial charge is 0.336 e. The van der Waals surface area contributed by atoms with Crippen LogP contribution in [0.4, 0.5) is 0 Å². The van der Waals surface area contributed by atoms with Crippen LogP contribution in [-0.2, 0) is 13.1 Å². The van der Waals surface area contributed by atoms with Gasteiger partial charge in [0.2, 0.25) is 11.8 Å². The van der Waals surface area contributed by atoms with Crippen LogP contribution in [0.3, 0.4) is 0 Å². The van der Waals surface area contributed by atoms with Crippen LogP contribution in [0.2, 0.25) is 5.02 Å². The Labute approximate surface area is 179 Å². The molecule has 0 aliphatic carbocycles. The summed E-state index contributed by atoms with van der Waals surface area (Å²) >= 11 is 6.24. The van der Waals surface area contributed by atoms with E-state index < -0.39 is 0 Å². The van der Waals surface area contributed by atoms with Gasteiger partial charge in [-0.15, -0.1) is 10.2 Å². The van der Waals surface area contributed by atoms with Crippen LogP contribution in [0.1, 0.15) is 30.4 Å². The number of aryl methyl sites for hydroxylation is 1. The van der Waals surface area contributed by atoms with Gasteiger partial charge >= 0.3 is 5.63 Å². The Balaban J connectivity index is 1.60. The third-order valence-corrected chi connectivity index (χ3v) is 5.18. The summed E-state index contributed by atoms with van der Waals surface area (Å²) in [5.74, 6) is 0.898. The molecule has 0 radical (unpaired) electrons. The molecule has 0 atom stereocenters. The maximum absolute atomic E-state index is 12.1. The van der Waals surface area contributed by atoms with E-state index in [0.29, 0.717) is 41.0 Å². The van der Waals surface area contributed by atoms with E-state index in [4.69, 9.17) is 20.4 Å². The first-order valence-corrected chi connectivity index (χ1v) is 10.2. The summed E-state index contributed by atoms with van der Waals surface area (Å²) in [6, 6.07) is 14.8. The number of nitrogens with zero attached hydrogens (tertiary/aromatic N) is 3. The number of fused-ring (bicyclic) bond motifs is 1. The molecule has 4 aromatic rings. The molecule has 0 saturated carbocycles. The third kappa shape index (κ3) is 4.45. The molecule has 0 amide bonds. The molecule has 4 rings (SSSR count). The number of hydrogen-bond acceptors (Lipinski definition) is 6. The zero-order chi connectivity index (χ0) is 21.1. The van der Waals surface area contributed by atoms with Crippen LogP contribution in [-0.4, -0.2) is 21.6 Å². The fourth-order valence-electron chi connectivity index (χ4n) is 3.49. The first-order chi connectivity index (χ1) is 14.5. The highest BCUT2D eigenvalue weighted by atomic mass is 35.5. The van der Waals surface area contributed by atoms with Crippen LogP contribution >= 0.6 is 11.6 Å². The van der Waals surface area contributed by atoms with Crippen LogP contribution in [0.15, 0.2) is 62.2 Å². The molecule has 2 heterocycles.